The third-order valence-corrected chi connectivity index (χ3v) is 5.69. The first-order chi connectivity index (χ1) is 15.1. The van der Waals surface area contributed by atoms with Gasteiger partial charge in [0.25, 0.3) is 5.16 Å². The largest absolute Gasteiger partial charge is 0.493 e. The van der Waals surface area contributed by atoms with Crippen molar-refractivity contribution in [3.05, 3.63) is 71.6 Å². The van der Waals surface area contributed by atoms with Gasteiger partial charge in [-0.05, 0) is 23.8 Å². The summed E-state index contributed by atoms with van der Waals surface area (Å²) in [4.78, 5) is 8.87. The van der Waals surface area contributed by atoms with Crippen molar-refractivity contribution in [3.8, 4) is 11.5 Å². The molecule has 2 heterocycles. The maximum absolute atomic E-state index is 13.3. The van der Waals surface area contributed by atoms with Crippen LogP contribution in [-0.4, -0.2) is 44.1 Å². The normalized spacial score (nSPS) is 14.2. The third-order valence-electron chi connectivity index (χ3n) is 4.56. The number of ether oxygens (including phenoxy) is 2. The second kappa shape index (κ2) is 9.03. The molecule has 0 spiro atoms. The molecule has 1 aliphatic heterocycles. The first kappa shape index (κ1) is 23.3. The van der Waals surface area contributed by atoms with Crippen LogP contribution in [0.4, 0.5) is 13.2 Å². The summed E-state index contributed by atoms with van der Waals surface area (Å²) >= 11 is 0. The molecule has 0 fully saturated rings. The molecule has 2 aromatic rings. The minimum absolute atomic E-state index is 0.166. The van der Waals surface area contributed by atoms with Gasteiger partial charge in [0.1, 0.15) is 5.69 Å². The number of aromatic nitrogens is 2. The molecular weight excluding hydrogens is 447 g/mol. The Labute approximate surface area is 183 Å². The Hall–Kier alpha value is -3.34. The molecule has 11 heteroatoms. The highest BCUT2D eigenvalue weighted by Crippen LogP contribution is 2.32. The maximum atomic E-state index is 13.3. The van der Waals surface area contributed by atoms with Gasteiger partial charge in [-0.25, -0.2) is 18.4 Å². The fourth-order valence-corrected chi connectivity index (χ4v) is 3.60. The predicted octanol–water partition coefficient (Wildman–Crippen LogP) is 3.84. The van der Waals surface area contributed by atoms with E-state index in [1.165, 1.54) is 14.2 Å². The van der Waals surface area contributed by atoms with Crippen LogP contribution < -0.4 is 9.47 Å². The van der Waals surface area contributed by atoms with Crippen molar-refractivity contribution < 1.29 is 31.1 Å². The molecule has 0 saturated heterocycles. The quantitative estimate of drug-likeness (QED) is 0.573. The van der Waals surface area contributed by atoms with Crippen molar-refractivity contribution in [3.63, 3.8) is 0 Å². The maximum Gasteiger partial charge on any atom is 0.433 e. The van der Waals surface area contributed by atoms with Gasteiger partial charge in [-0.1, -0.05) is 24.8 Å². The first-order valence-electron chi connectivity index (χ1n) is 9.25. The van der Waals surface area contributed by atoms with Crippen LogP contribution in [0.1, 0.15) is 17.0 Å². The summed E-state index contributed by atoms with van der Waals surface area (Å²) in [6.07, 6.45) is 0.0932. The summed E-state index contributed by atoms with van der Waals surface area (Å²) in [6.45, 7) is 4.04. The number of rotatable bonds is 7. The van der Waals surface area contributed by atoms with Crippen molar-refractivity contribution in [1.29, 1.82) is 0 Å². The Morgan fingerprint density at radius 3 is 2.50 bits per heavy atom. The van der Waals surface area contributed by atoms with E-state index in [1.807, 2.05) is 11.0 Å². The van der Waals surface area contributed by atoms with E-state index in [0.29, 0.717) is 35.6 Å². The van der Waals surface area contributed by atoms with E-state index < -0.39 is 26.9 Å². The summed E-state index contributed by atoms with van der Waals surface area (Å²) in [7, 11) is -1.22. The zero-order chi connectivity index (χ0) is 23.5. The molecule has 0 aliphatic carbocycles. The van der Waals surface area contributed by atoms with Gasteiger partial charge in [-0.15, -0.1) is 0 Å². The monoisotopic (exact) mass is 467 g/mol. The molecule has 0 bridgehead atoms. The van der Waals surface area contributed by atoms with Crippen LogP contribution in [0.3, 0.4) is 0 Å². The van der Waals surface area contributed by atoms with Gasteiger partial charge in [0, 0.05) is 30.3 Å². The number of sulfone groups is 1. The first-order valence-corrected chi connectivity index (χ1v) is 10.8. The minimum atomic E-state index is -4.85. The Morgan fingerprint density at radius 2 is 1.88 bits per heavy atom. The van der Waals surface area contributed by atoms with Crippen LogP contribution in [-0.2, 0) is 22.6 Å². The molecule has 170 valence electrons. The van der Waals surface area contributed by atoms with Gasteiger partial charge in [-0.3, -0.25) is 0 Å². The van der Waals surface area contributed by atoms with Crippen LogP contribution in [0, 0.1) is 0 Å². The van der Waals surface area contributed by atoms with E-state index >= 15 is 0 Å². The van der Waals surface area contributed by atoms with E-state index in [4.69, 9.17) is 9.47 Å². The van der Waals surface area contributed by atoms with Crippen molar-refractivity contribution in [2.75, 3.05) is 20.8 Å². The van der Waals surface area contributed by atoms with Crippen LogP contribution in [0.25, 0.3) is 5.57 Å². The van der Waals surface area contributed by atoms with Crippen LogP contribution >= 0.6 is 0 Å². The van der Waals surface area contributed by atoms with Gasteiger partial charge in [0.05, 0.1) is 19.9 Å². The van der Waals surface area contributed by atoms with E-state index in [1.54, 1.807) is 30.5 Å². The molecule has 3 rings (SSSR count). The number of hydrogen-bond acceptors (Lipinski definition) is 7. The summed E-state index contributed by atoms with van der Waals surface area (Å²) < 4.78 is 74.6. The Bertz CT molecular complexity index is 1190. The zero-order valence-corrected chi connectivity index (χ0v) is 18.1. The van der Waals surface area contributed by atoms with Crippen LogP contribution in [0.5, 0.6) is 11.5 Å². The van der Waals surface area contributed by atoms with E-state index in [2.05, 4.69) is 16.5 Å². The second-order valence-electron chi connectivity index (χ2n) is 6.74. The lowest BCUT2D eigenvalue weighted by Gasteiger charge is -2.24. The number of alkyl halides is 3. The predicted molar refractivity (Wildman–Crippen MR) is 111 cm³/mol. The molecular formula is C21H20F3N3O4S. The molecule has 0 saturated carbocycles. The standard InChI is InChI=1S/C21H20F3N3O4S/c1-4-32(28,29)20-25-16(11-19(26-20)21(22,23)24)15-6-5-9-27(13-15)12-14-7-8-17(30-2)18(10-14)31-3/h4-8,10-11,13H,1,9,12H2,2-3H3. The molecule has 1 aromatic carbocycles. The lowest BCUT2D eigenvalue weighted by Crippen LogP contribution is -2.20. The molecule has 0 amide bonds. The number of halogens is 3. The minimum Gasteiger partial charge on any atom is -0.493 e. The van der Waals surface area contributed by atoms with E-state index in [-0.39, 0.29) is 5.69 Å². The number of allylic oxidation sites excluding steroid dienone is 2. The fraction of sp³-hybridized carbons (Fsp3) is 0.238. The summed E-state index contributed by atoms with van der Waals surface area (Å²) in [5, 5.41) is -0.440. The third kappa shape index (κ3) is 5.10. The summed E-state index contributed by atoms with van der Waals surface area (Å²) in [5.74, 6) is 1.12. The highest BCUT2D eigenvalue weighted by Gasteiger charge is 2.35. The second-order valence-corrected chi connectivity index (χ2v) is 8.52. The molecule has 7 nitrogen and oxygen atoms in total. The molecule has 1 aromatic heterocycles. The molecule has 1 aliphatic rings. The number of nitrogens with zero attached hydrogens (tertiary/aromatic N) is 3. The lowest BCUT2D eigenvalue weighted by molar-refractivity contribution is -0.141. The van der Waals surface area contributed by atoms with Gasteiger partial charge >= 0.3 is 6.18 Å². The molecule has 0 unspecified atom stereocenters. The van der Waals surface area contributed by atoms with Crippen LogP contribution in [0.2, 0.25) is 0 Å². The molecule has 0 radical (unpaired) electrons. The van der Waals surface area contributed by atoms with Crippen molar-refractivity contribution >= 4 is 15.4 Å². The van der Waals surface area contributed by atoms with E-state index in [0.717, 1.165) is 11.6 Å². The number of hydrogen-bond donors (Lipinski definition) is 0. The van der Waals surface area contributed by atoms with Gasteiger partial charge < -0.3 is 14.4 Å². The summed E-state index contributed by atoms with van der Waals surface area (Å²) in [6, 6.07) is 6.11. The molecule has 32 heavy (non-hydrogen) atoms. The van der Waals surface area contributed by atoms with E-state index in [9.17, 15) is 21.6 Å². The van der Waals surface area contributed by atoms with Crippen molar-refractivity contribution in [1.82, 2.24) is 14.9 Å². The highest BCUT2D eigenvalue weighted by atomic mass is 32.2. The van der Waals surface area contributed by atoms with Gasteiger partial charge in [0.2, 0.25) is 9.84 Å². The number of methoxy groups -OCH3 is 2. The van der Waals surface area contributed by atoms with Crippen molar-refractivity contribution in [2.24, 2.45) is 0 Å². The molecule has 0 N–H and O–H groups in total. The molecule has 0 atom stereocenters. The van der Waals surface area contributed by atoms with Gasteiger partial charge in [-0.2, -0.15) is 13.2 Å². The zero-order valence-electron chi connectivity index (χ0n) is 17.3. The average molecular weight is 467 g/mol. The Morgan fingerprint density at radius 1 is 1.16 bits per heavy atom. The Balaban J connectivity index is 1.98. The van der Waals surface area contributed by atoms with Gasteiger partial charge in [0.15, 0.2) is 11.5 Å². The lowest BCUT2D eigenvalue weighted by atomic mass is 10.1. The van der Waals surface area contributed by atoms with Crippen molar-refractivity contribution in [2.45, 2.75) is 17.9 Å². The highest BCUT2D eigenvalue weighted by molar-refractivity contribution is 7.94. The number of benzene rings is 1. The average Bonchev–Trinajstić information content (AvgIpc) is 2.78. The topological polar surface area (TPSA) is 81.6 Å². The fourth-order valence-electron chi connectivity index (χ4n) is 3.00. The Kier molecular flexibility index (Phi) is 6.58. The van der Waals surface area contributed by atoms with Crippen LogP contribution in [0.15, 0.2) is 59.8 Å². The summed E-state index contributed by atoms with van der Waals surface area (Å²) in [5.41, 5.74) is -0.331. The smallest absolute Gasteiger partial charge is 0.433 e. The SMILES string of the molecule is C=CS(=O)(=O)c1nc(C2=CN(Cc3ccc(OC)c(OC)c3)CC=C2)cc(C(F)(F)F)n1.